The summed E-state index contributed by atoms with van der Waals surface area (Å²) in [6.07, 6.45) is 5.53. The molecule has 0 radical (unpaired) electrons. The van der Waals surface area contributed by atoms with Crippen LogP contribution in [0.25, 0.3) is 0 Å². The molecule has 0 aliphatic carbocycles. The quantitative estimate of drug-likeness (QED) is 0.904. The van der Waals surface area contributed by atoms with Crippen LogP contribution in [0.5, 0.6) is 0 Å². The molecule has 2 heterocycles. The Balaban J connectivity index is 2.17. The fraction of sp³-hybridized carbons (Fsp3) is 0.500. The molecule has 92 valence electrons. The highest BCUT2D eigenvalue weighted by atomic mass is 79.9. The molecule has 0 spiro atoms. The van der Waals surface area contributed by atoms with E-state index in [0.29, 0.717) is 0 Å². The molecule has 1 N–H and O–H groups in total. The van der Waals surface area contributed by atoms with E-state index in [1.54, 1.807) is 13.2 Å². The molecule has 0 aromatic carbocycles. The number of carbonyl (C=O) groups excluding carboxylic acids is 1. The molecule has 1 aliphatic rings. The number of halogens is 1. The first-order valence-corrected chi connectivity index (χ1v) is 6.46. The summed E-state index contributed by atoms with van der Waals surface area (Å²) in [4.78, 5) is 18.0. The van der Waals surface area contributed by atoms with Crippen molar-refractivity contribution in [3.8, 4) is 0 Å². The van der Waals surface area contributed by atoms with Crippen LogP contribution >= 0.6 is 15.9 Å². The number of hydrogen-bond donors (Lipinski definition) is 1. The number of aromatic nitrogens is 1. The van der Waals surface area contributed by atoms with E-state index in [4.69, 9.17) is 0 Å². The van der Waals surface area contributed by atoms with E-state index >= 15 is 0 Å². The lowest BCUT2D eigenvalue weighted by atomic mass is 10.1. The Morgan fingerprint density at radius 2 is 2.29 bits per heavy atom. The van der Waals surface area contributed by atoms with Crippen molar-refractivity contribution >= 4 is 21.8 Å². The van der Waals surface area contributed by atoms with Gasteiger partial charge in [-0.3, -0.25) is 14.7 Å². The minimum absolute atomic E-state index is 0.0241. The summed E-state index contributed by atoms with van der Waals surface area (Å²) in [5.74, 6) is 0.0953. The molecule has 1 aromatic rings. The van der Waals surface area contributed by atoms with Crippen LogP contribution in [0, 0.1) is 0 Å². The Kier molecular flexibility index (Phi) is 3.79. The molecule has 2 rings (SSSR count). The van der Waals surface area contributed by atoms with Crippen molar-refractivity contribution < 1.29 is 4.79 Å². The third-order valence-electron chi connectivity index (χ3n) is 3.36. The van der Waals surface area contributed by atoms with Crippen molar-refractivity contribution in [1.82, 2.24) is 15.2 Å². The Bertz CT molecular complexity index is 424. The van der Waals surface area contributed by atoms with Crippen LogP contribution in [0.2, 0.25) is 0 Å². The SMILES string of the molecule is CNC(=O)C1CCC(c2cncc(Br)c2)N1C. The van der Waals surface area contributed by atoms with Crippen molar-refractivity contribution in [1.29, 1.82) is 0 Å². The van der Waals surface area contributed by atoms with Crippen LogP contribution in [0.1, 0.15) is 24.4 Å². The van der Waals surface area contributed by atoms with Crippen molar-refractivity contribution in [3.05, 3.63) is 28.5 Å². The Morgan fingerprint density at radius 1 is 1.53 bits per heavy atom. The van der Waals surface area contributed by atoms with Gasteiger partial charge in [-0.15, -0.1) is 0 Å². The van der Waals surface area contributed by atoms with Gasteiger partial charge in [0.1, 0.15) is 0 Å². The predicted octanol–water partition coefficient (Wildman–Crippen LogP) is 1.73. The second-order valence-corrected chi connectivity index (χ2v) is 5.24. The minimum atomic E-state index is -0.0241. The second kappa shape index (κ2) is 5.14. The normalized spacial score (nSPS) is 24.9. The molecule has 0 saturated carbocycles. The Labute approximate surface area is 110 Å². The number of nitrogens with zero attached hydrogens (tertiary/aromatic N) is 2. The molecule has 4 nitrogen and oxygen atoms in total. The maximum Gasteiger partial charge on any atom is 0.237 e. The predicted molar refractivity (Wildman–Crippen MR) is 69.5 cm³/mol. The fourth-order valence-corrected chi connectivity index (χ4v) is 2.82. The summed E-state index contributed by atoms with van der Waals surface area (Å²) in [7, 11) is 3.68. The number of hydrogen-bond acceptors (Lipinski definition) is 3. The largest absolute Gasteiger partial charge is 0.358 e. The maximum atomic E-state index is 11.7. The van der Waals surface area contributed by atoms with E-state index in [1.165, 1.54) is 0 Å². The maximum absolute atomic E-state index is 11.7. The van der Waals surface area contributed by atoms with E-state index in [1.807, 2.05) is 13.2 Å². The monoisotopic (exact) mass is 297 g/mol. The van der Waals surface area contributed by atoms with Gasteiger partial charge < -0.3 is 5.32 Å². The van der Waals surface area contributed by atoms with Crippen LogP contribution in [0.4, 0.5) is 0 Å². The van der Waals surface area contributed by atoms with Gasteiger partial charge in [-0.25, -0.2) is 0 Å². The Hall–Kier alpha value is -0.940. The van der Waals surface area contributed by atoms with E-state index in [0.717, 1.165) is 22.9 Å². The van der Waals surface area contributed by atoms with Gasteiger partial charge in [-0.1, -0.05) is 0 Å². The van der Waals surface area contributed by atoms with Crippen LogP contribution in [-0.2, 0) is 4.79 Å². The summed E-state index contributed by atoms with van der Waals surface area (Å²) < 4.78 is 0.979. The molecule has 5 heteroatoms. The van der Waals surface area contributed by atoms with Gasteiger partial charge in [-0.2, -0.15) is 0 Å². The second-order valence-electron chi connectivity index (χ2n) is 4.33. The highest BCUT2D eigenvalue weighted by Gasteiger charge is 2.35. The summed E-state index contributed by atoms with van der Waals surface area (Å²) in [6.45, 7) is 0. The molecule has 1 aliphatic heterocycles. The third-order valence-corrected chi connectivity index (χ3v) is 3.79. The highest BCUT2D eigenvalue weighted by molar-refractivity contribution is 9.10. The lowest BCUT2D eigenvalue weighted by Crippen LogP contribution is -2.40. The lowest BCUT2D eigenvalue weighted by Gasteiger charge is -2.24. The standard InChI is InChI=1S/C12H16BrN3O/c1-14-12(17)11-4-3-10(16(11)2)8-5-9(13)7-15-6-8/h5-7,10-11H,3-4H2,1-2H3,(H,14,17). The fourth-order valence-electron chi connectivity index (χ4n) is 2.44. The van der Waals surface area contributed by atoms with E-state index in [-0.39, 0.29) is 18.0 Å². The molecule has 2 unspecified atom stereocenters. The van der Waals surface area contributed by atoms with Gasteiger partial charge in [0.05, 0.1) is 6.04 Å². The number of likely N-dealkylation sites (tertiary alicyclic amines) is 1. The average molecular weight is 298 g/mol. The van der Waals surface area contributed by atoms with E-state index < -0.39 is 0 Å². The average Bonchev–Trinajstić information content (AvgIpc) is 2.70. The molecular formula is C12H16BrN3O. The van der Waals surface area contributed by atoms with Crippen molar-refractivity contribution in [2.75, 3.05) is 14.1 Å². The first-order chi connectivity index (χ1) is 8.13. The molecule has 2 atom stereocenters. The van der Waals surface area contributed by atoms with Crippen molar-refractivity contribution in [2.24, 2.45) is 0 Å². The van der Waals surface area contributed by atoms with Crippen LogP contribution in [0.15, 0.2) is 22.9 Å². The minimum Gasteiger partial charge on any atom is -0.358 e. The summed E-state index contributed by atoms with van der Waals surface area (Å²) in [6, 6.07) is 2.33. The van der Waals surface area contributed by atoms with Crippen LogP contribution < -0.4 is 5.32 Å². The molecule has 1 fully saturated rings. The molecule has 17 heavy (non-hydrogen) atoms. The van der Waals surface area contributed by atoms with Crippen molar-refractivity contribution in [3.63, 3.8) is 0 Å². The third kappa shape index (κ3) is 2.50. The zero-order valence-electron chi connectivity index (χ0n) is 9.98. The molecule has 1 saturated heterocycles. The molecule has 1 aromatic heterocycles. The number of likely N-dealkylation sites (N-methyl/N-ethyl adjacent to an activating group) is 2. The summed E-state index contributed by atoms with van der Waals surface area (Å²) in [5.41, 5.74) is 1.16. The van der Waals surface area contributed by atoms with Gasteiger partial charge >= 0.3 is 0 Å². The van der Waals surface area contributed by atoms with Gasteiger partial charge in [0, 0.05) is 30.0 Å². The van der Waals surface area contributed by atoms with Gasteiger partial charge in [-0.05, 0) is 47.4 Å². The van der Waals surface area contributed by atoms with Crippen LogP contribution in [-0.4, -0.2) is 35.9 Å². The number of carbonyl (C=O) groups is 1. The molecule has 0 bridgehead atoms. The molecule has 1 amide bonds. The zero-order valence-corrected chi connectivity index (χ0v) is 11.6. The zero-order chi connectivity index (χ0) is 12.4. The Morgan fingerprint density at radius 3 is 2.94 bits per heavy atom. The van der Waals surface area contributed by atoms with Gasteiger partial charge in [0.15, 0.2) is 0 Å². The topological polar surface area (TPSA) is 45.2 Å². The smallest absolute Gasteiger partial charge is 0.237 e. The number of rotatable bonds is 2. The number of nitrogens with one attached hydrogen (secondary N) is 1. The summed E-state index contributed by atoms with van der Waals surface area (Å²) >= 11 is 3.43. The first-order valence-electron chi connectivity index (χ1n) is 5.67. The number of amides is 1. The first kappa shape index (κ1) is 12.5. The van der Waals surface area contributed by atoms with Crippen molar-refractivity contribution in [2.45, 2.75) is 24.9 Å². The summed E-state index contributed by atoms with van der Waals surface area (Å²) in [5, 5.41) is 2.72. The van der Waals surface area contributed by atoms with E-state index in [9.17, 15) is 4.79 Å². The highest BCUT2D eigenvalue weighted by Crippen LogP contribution is 2.35. The van der Waals surface area contributed by atoms with Crippen LogP contribution in [0.3, 0.4) is 0 Å². The van der Waals surface area contributed by atoms with E-state index in [2.05, 4.69) is 37.2 Å². The van der Waals surface area contributed by atoms with Gasteiger partial charge in [0.2, 0.25) is 5.91 Å². The molecular weight excluding hydrogens is 282 g/mol. The number of pyridine rings is 1. The van der Waals surface area contributed by atoms with Gasteiger partial charge in [0.25, 0.3) is 0 Å². The lowest BCUT2D eigenvalue weighted by molar-refractivity contribution is -0.124.